The van der Waals surface area contributed by atoms with Gasteiger partial charge in [-0.3, -0.25) is 14.5 Å². The van der Waals surface area contributed by atoms with Crippen molar-refractivity contribution in [2.24, 2.45) is 7.05 Å². The second-order valence-corrected chi connectivity index (χ2v) is 6.26. The maximum Gasteiger partial charge on any atom is 0.336 e. The fraction of sp³-hybridized carbons (Fsp3) is 0.158. The van der Waals surface area contributed by atoms with Crippen LogP contribution in [0.1, 0.15) is 21.5 Å². The number of aromatic nitrogens is 3. The number of anilines is 1. The third kappa shape index (κ3) is 2.63. The van der Waals surface area contributed by atoms with E-state index in [0.717, 1.165) is 27.5 Å². The van der Waals surface area contributed by atoms with Crippen molar-refractivity contribution in [1.29, 1.82) is 0 Å². The molecule has 7 heteroatoms. The summed E-state index contributed by atoms with van der Waals surface area (Å²) < 4.78 is 6.90. The Morgan fingerprint density at radius 1 is 1.12 bits per heavy atom. The lowest BCUT2D eigenvalue weighted by Gasteiger charge is -2.11. The van der Waals surface area contributed by atoms with Crippen LogP contribution in [0, 0.1) is 13.8 Å². The van der Waals surface area contributed by atoms with Gasteiger partial charge in [-0.2, -0.15) is 5.10 Å². The molecule has 0 fully saturated rings. The lowest BCUT2D eigenvalue weighted by molar-refractivity contribution is 0.102. The Labute approximate surface area is 148 Å². The zero-order valence-corrected chi connectivity index (χ0v) is 14.5. The second-order valence-electron chi connectivity index (χ2n) is 6.26. The fourth-order valence-corrected chi connectivity index (χ4v) is 2.95. The van der Waals surface area contributed by atoms with Crippen molar-refractivity contribution < 1.29 is 9.21 Å². The third-order valence-electron chi connectivity index (χ3n) is 4.41. The van der Waals surface area contributed by atoms with E-state index >= 15 is 0 Å². The molecule has 3 heterocycles. The molecule has 0 aliphatic carbocycles. The SMILES string of the molecule is Cc1cc2oc(=O)cc(C)c2cc1NC(=O)c1cnc2cnn(C)c2c1. The van der Waals surface area contributed by atoms with E-state index in [4.69, 9.17) is 4.42 Å². The normalized spacial score (nSPS) is 11.2. The van der Waals surface area contributed by atoms with E-state index in [0.29, 0.717) is 16.8 Å². The summed E-state index contributed by atoms with van der Waals surface area (Å²) in [6.07, 6.45) is 3.18. The lowest BCUT2D eigenvalue weighted by Crippen LogP contribution is -2.13. The summed E-state index contributed by atoms with van der Waals surface area (Å²) in [5, 5.41) is 7.82. The van der Waals surface area contributed by atoms with Crippen LogP contribution in [0.5, 0.6) is 0 Å². The molecule has 0 unspecified atom stereocenters. The van der Waals surface area contributed by atoms with E-state index in [-0.39, 0.29) is 11.5 Å². The van der Waals surface area contributed by atoms with Crippen molar-refractivity contribution in [3.05, 3.63) is 63.8 Å². The van der Waals surface area contributed by atoms with Crippen molar-refractivity contribution in [3.63, 3.8) is 0 Å². The molecule has 26 heavy (non-hydrogen) atoms. The highest BCUT2D eigenvalue weighted by Crippen LogP contribution is 2.25. The number of aryl methyl sites for hydroxylation is 3. The minimum Gasteiger partial charge on any atom is -0.423 e. The van der Waals surface area contributed by atoms with Crippen LogP contribution in [-0.2, 0) is 7.05 Å². The summed E-state index contributed by atoms with van der Waals surface area (Å²) in [6, 6.07) is 6.76. The van der Waals surface area contributed by atoms with Crippen LogP contribution in [0.25, 0.3) is 22.0 Å². The van der Waals surface area contributed by atoms with Gasteiger partial charge in [0.05, 0.1) is 17.3 Å². The minimum absolute atomic E-state index is 0.266. The van der Waals surface area contributed by atoms with Gasteiger partial charge < -0.3 is 9.73 Å². The zero-order valence-electron chi connectivity index (χ0n) is 14.5. The number of amides is 1. The van der Waals surface area contributed by atoms with Gasteiger partial charge in [0.25, 0.3) is 5.91 Å². The highest BCUT2D eigenvalue weighted by molar-refractivity contribution is 6.06. The van der Waals surface area contributed by atoms with Crippen molar-refractivity contribution in [2.45, 2.75) is 13.8 Å². The number of carbonyl (C=O) groups is 1. The van der Waals surface area contributed by atoms with Gasteiger partial charge in [0.1, 0.15) is 11.1 Å². The number of carbonyl (C=O) groups excluding carboxylic acids is 1. The number of hydrogen-bond donors (Lipinski definition) is 1. The Morgan fingerprint density at radius 2 is 1.92 bits per heavy atom. The monoisotopic (exact) mass is 348 g/mol. The molecule has 0 radical (unpaired) electrons. The molecule has 130 valence electrons. The average Bonchev–Trinajstić information content (AvgIpc) is 2.96. The number of fused-ring (bicyclic) bond motifs is 2. The van der Waals surface area contributed by atoms with Crippen molar-refractivity contribution in [2.75, 3.05) is 5.32 Å². The molecule has 7 nitrogen and oxygen atoms in total. The number of pyridine rings is 1. The van der Waals surface area contributed by atoms with E-state index in [1.165, 1.54) is 12.3 Å². The van der Waals surface area contributed by atoms with E-state index in [1.807, 2.05) is 19.9 Å². The predicted molar refractivity (Wildman–Crippen MR) is 98.4 cm³/mol. The van der Waals surface area contributed by atoms with Crippen LogP contribution in [-0.4, -0.2) is 20.7 Å². The molecule has 0 bridgehead atoms. The zero-order chi connectivity index (χ0) is 18.4. The smallest absolute Gasteiger partial charge is 0.336 e. The van der Waals surface area contributed by atoms with Crippen molar-refractivity contribution in [1.82, 2.24) is 14.8 Å². The molecule has 1 N–H and O–H groups in total. The summed E-state index contributed by atoms with van der Waals surface area (Å²) in [4.78, 5) is 28.5. The van der Waals surface area contributed by atoms with Gasteiger partial charge in [0.2, 0.25) is 0 Å². The summed E-state index contributed by atoms with van der Waals surface area (Å²) in [7, 11) is 1.80. The van der Waals surface area contributed by atoms with Gasteiger partial charge in [0, 0.05) is 30.4 Å². The topological polar surface area (TPSA) is 90.0 Å². The summed E-state index contributed by atoms with van der Waals surface area (Å²) in [5.41, 5.74) is 4.33. The Kier molecular flexibility index (Phi) is 3.57. The number of nitrogens with zero attached hydrogens (tertiary/aromatic N) is 3. The van der Waals surface area contributed by atoms with Crippen LogP contribution in [0.4, 0.5) is 5.69 Å². The molecule has 3 aromatic heterocycles. The molecule has 4 aromatic rings. The maximum atomic E-state index is 12.7. The Hall–Kier alpha value is -3.48. The van der Waals surface area contributed by atoms with E-state index in [1.54, 1.807) is 30.1 Å². The Morgan fingerprint density at radius 3 is 2.73 bits per heavy atom. The van der Waals surface area contributed by atoms with Gasteiger partial charge in [-0.25, -0.2) is 4.79 Å². The quantitative estimate of drug-likeness (QED) is 0.563. The summed E-state index contributed by atoms with van der Waals surface area (Å²) >= 11 is 0. The molecular formula is C19H16N4O3. The first-order chi connectivity index (χ1) is 12.4. The first kappa shape index (κ1) is 16.0. The number of benzene rings is 1. The molecule has 0 saturated heterocycles. The van der Waals surface area contributed by atoms with Gasteiger partial charge in [-0.05, 0) is 43.2 Å². The van der Waals surface area contributed by atoms with Gasteiger partial charge >= 0.3 is 5.63 Å². The average molecular weight is 348 g/mol. The molecule has 0 spiro atoms. The largest absolute Gasteiger partial charge is 0.423 e. The number of hydrogen-bond acceptors (Lipinski definition) is 5. The molecule has 0 aliphatic heterocycles. The first-order valence-corrected chi connectivity index (χ1v) is 8.06. The third-order valence-corrected chi connectivity index (χ3v) is 4.41. The molecule has 1 aromatic carbocycles. The first-order valence-electron chi connectivity index (χ1n) is 8.06. The summed E-state index contributed by atoms with van der Waals surface area (Å²) in [6.45, 7) is 3.68. The lowest BCUT2D eigenvalue weighted by atomic mass is 10.1. The van der Waals surface area contributed by atoms with Crippen LogP contribution < -0.4 is 10.9 Å². The molecular weight excluding hydrogens is 332 g/mol. The standard InChI is InChI=1S/C19H16N4O3/c1-10-5-18(24)26-17-4-11(2)14(7-13(10)17)22-19(25)12-6-16-15(20-8-12)9-21-23(16)3/h4-9H,1-3H3,(H,22,25). The van der Waals surface area contributed by atoms with Crippen LogP contribution in [0.15, 0.2) is 45.9 Å². The number of nitrogens with one attached hydrogen (secondary N) is 1. The minimum atomic E-state index is -0.387. The molecule has 0 saturated carbocycles. The highest BCUT2D eigenvalue weighted by Gasteiger charge is 2.13. The van der Waals surface area contributed by atoms with Crippen LogP contribution in [0.3, 0.4) is 0 Å². The van der Waals surface area contributed by atoms with Gasteiger partial charge in [-0.1, -0.05) is 0 Å². The van der Waals surface area contributed by atoms with Crippen molar-refractivity contribution >= 4 is 33.6 Å². The summed E-state index contributed by atoms with van der Waals surface area (Å²) in [5.74, 6) is -0.266. The van der Waals surface area contributed by atoms with Gasteiger partial charge in [-0.15, -0.1) is 0 Å². The van der Waals surface area contributed by atoms with Crippen LogP contribution >= 0.6 is 0 Å². The molecule has 0 aliphatic rings. The van der Waals surface area contributed by atoms with E-state index < -0.39 is 0 Å². The van der Waals surface area contributed by atoms with Crippen LogP contribution in [0.2, 0.25) is 0 Å². The predicted octanol–water partition coefficient (Wildman–Crippen LogP) is 2.94. The molecule has 1 amide bonds. The molecule has 0 atom stereocenters. The Bertz CT molecular complexity index is 1240. The Balaban J connectivity index is 1.73. The van der Waals surface area contributed by atoms with E-state index in [2.05, 4.69) is 15.4 Å². The highest BCUT2D eigenvalue weighted by atomic mass is 16.4. The van der Waals surface area contributed by atoms with Gasteiger partial charge in [0.15, 0.2) is 0 Å². The maximum absolute atomic E-state index is 12.7. The molecule has 4 rings (SSSR count). The van der Waals surface area contributed by atoms with E-state index in [9.17, 15) is 9.59 Å². The second kappa shape index (κ2) is 5.80. The van der Waals surface area contributed by atoms with Crippen molar-refractivity contribution in [3.8, 4) is 0 Å². The number of rotatable bonds is 2. The fourth-order valence-electron chi connectivity index (χ4n) is 2.95.